The van der Waals surface area contributed by atoms with Crippen LogP contribution in [-0.4, -0.2) is 74.0 Å². The first-order chi connectivity index (χ1) is 12.2. The zero-order chi connectivity index (χ0) is 17.7. The fourth-order valence-electron chi connectivity index (χ4n) is 2.92. The average Bonchev–Trinajstić information content (AvgIpc) is 3.49. The Balaban J connectivity index is 1.22. The van der Waals surface area contributed by atoms with Gasteiger partial charge in [0.25, 0.3) is 0 Å². The molecule has 2 rings (SSSR count). The van der Waals surface area contributed by atoms with E-state index in [1.165, 1.54) is 44.9 Å². The molecule has 0 radical (unpaired) electrons. The second-order valence-corrected chi connectivity index (χ2v) is 7.43. The molecule has 2 fully saturated rings. The molecule has 0 atom stereocenters. The van der Waals surface area contributed by atoms with E-state index in [-0.39, 0.29) is 11.8 Å². The van der Waals surface area contributed by atoms with Crippen LogP contribution < -0.4 is 10.6 Å². The van der Waals surface area contributed by atoms with Crippen molar-refractivity contribution in [1.82, 2.24) is 20.4 Å². The van der Waals surface area contributed by atoms with Gasteiger partial charge in [0.1, 0.15) is 0 Å². The van der Waals surface area contributed by atoms with Gasteiger partial charge in [-0.05, 0) is 12.8 Å². The average molecular weight is 353 g/mol. The summed E-state index contributed by atoms with van der Waals surface area (Å²) in [5, 5.41) is 5.99. The highest BCUT2D eigenvalue weighted by molar-refractivity contribution is 5.78. The van der Waals surface area contributed by atoms with Gasteiger partial charge in [0, 0.05) is 39.3 Å². The Bertz CT molecular complexity index is 359. The Morgan fingerprint density at radius 3 is 1.20 bits per heavy atom. The summed E-state index contributed by atoms with van der Waals surface area (Å²) < 4.78 is 0. The van der Waals surface area contributed by atoms with Crippen LogP contribution in [0.3, 0.4) is 0 Å². The molecule has 0 saturated carbocycles. The number of carbonyl (C=O) groups is 2. The van der Waals surface area contributed by atoms with Gasteiger partial charge in [0.2, 0.25) is 11.8 Å². The van der Waals surface area contributed by atoms with Crippen molar-refractivity contribution in [1.29, 1.82) is 0 Å². The van der Waals surface area contributed by atoms with Crippen LogP contribution in [0.4, 0.5) is 0 Å². The van der Waals surface area contributed by atoms with Crippen molar-refractivity contribution >= 4 is 11.8 Å². The maximum absolute atomic E-state index is 11.5. The van der Waals surface area contributed by atoms with E-state index in [1.54, 1.807) is 0 Å². The van der Waals surface area contributed by atoms with Crippen molar-refractivity contribution in [3.05, 3.63) is 0 Å². The lowest BCUT2D eigenvalue weighted by atomic mass is 10.1. The van der Waals surface area contributed by atoms with Gasteiger partial charge in [-0.1, -0.05) is 44.9 Å². The predicted molar refractivity (Wildman–Crippen MR) is 100 cm³/mol. The number of amides is 2. The van der Waals surface area contributed by atoms with Crippen molar-refractivity contribution in [2.45, 2.75) is 57.8 Å². The summed E-state index contributed by atoms with van der Waals surface area (Å²) in [6, 6.07) is 0. The van der Waals surface area contributed by atoms with E-state index in [1.807, 2.05) is 0 Å². The number of hydrogen-bond acceptors (Lipinski definition) is 4. The molecule has 2 N–H and O–H groups in total. The highest BCUT2D eigenvalue weighted by atomic mass is 16.2. The first-order valence-corrected chi connectivity index (χ1v) is 10.2. The minimum atomic E-state index is 0.179. The Kier molecular flexibility index (Phi) is 9.89. The van der Waals surface area contributed by atoms with E-state index in [0.717, 1.165) is 52.1 Å². The highest BCUT2D eigenvalue weighted by Gasteiger charge is 2.20. The van der Waals surface area contributed by atoms with E-state index in [2.05, 4.69) is 20.4 Å². The monoisotopic (exact) mass is 352 g/mol. The third kappa shape index (κ3) is 11.9. The molecule has 6 nitrogen and oxygen atoms in total. The predicted octanol–water partition coefficient (Wildman–Crippen LogP) is 1.36. The third-order valence-electron chi connectivity index (χ3n) is 4.81. The number of carbonyl (C=O) groups excluding carboxylic acids is 2. The summed E-state index contributed by atoms with van der Waals surface area (Å²) in [4.78, 5) is 27.2. The molecular formula is C19H36N4O2. The van der Waals surface area contributed by atoms with Crippen molar-refractivity contribution in [2.75, 3.05) is 52.4 Å². The Labute approximate surface area is 152 Å². The molecule has 0 spiro atoms. The molecule has 0 aliphatic carbocycles. The van der Waals surface area contributed by atoms with Gasteiger partial charge in [0.05, 0.1) is 13.1 Å². The number of hydrogen-bond donors (Lipinski definition) is 2. The lowest BCUT2D eigenvalue weighted by Crippen LogP contribution is -2.30. The van der Waals surface area contributed by atoms with E-state index in [9.17, 15) is 9.59 Å². The van der Waals surface area contributed by atoms with Crippen molar-refractivity contribution in [3.8, 4) is 0 Å². The molecule has 6 heteroatoms. The first-order valence-electron chi connectivity index (χ1n) is 10.2. The molecule has 0 aromatic carbocycles. The number of rotatable bonds is 16. The summed E-state index contributed by atoms with van der Waals surface area (Å²) >= 11 is 0. The summed E-state index contributed by atoms with van der Waals surface area (Å²) in [5.41, 5.74) is 0. The Hall–Kier alpha value is -1.14. The van der Waals surface area contributed by atoms with Crippen molar-refractivity contribution < 1.29 is 9.59 Å². The van der Waals surface area contributed by atoms with E-state index < -0.39 is 0 Å². The zero-order valence-corrected chi connectivity index (χ0v) is 15.7. The molecule has 2 saturated heterocycles. The normalized spacial score (nSPS) is 16.6. The molecule has 25 heavy (non-hydrogen) atoms. The van der Waals surface area contributed by atoms with Crippen LogP contribution in [0.15, 0.2) is 0 Å². The molecule has 0 unspecified atom stereocenters. The molecule has 2 aliphatic heterocycles. The number of nitrogens with zero attached hydrogens (tertiary/aromatic N) is 2. The fraction of sp³-hybridized carbons (Fsp3) is 0.895. The van der Waals surface area contributed by atoms with Gasteiger partial charge in [-0.25, -0.2) is 0 Å². The number of nitrogens with one attached hydrogen (secondary N) is 2. The summed E-state index contributed by atoms with van der Waals surface area (Å²) in [6.07, 6.45) is 11.1. The van der Waals surface area contributed by atoms with Crippen LogP contribution in [0.2, 0.25) is 0 Å². The van der Waals surface area contributed by atoms with Crippen LogP contribution in [0.25, 0.3) is 0 Å². The van der Waals surface area contributed by atoms with Gasteiger partial charge >= 0.3 is 0 Å². The van der Waals surface area contributed by atoms with Crippen LogP contribution in [0.5, 0.6) is 0 Å². The van der Waals surface area contributed by atoms with Gasteiger partial charge in [-0.15, -0.1) is 0 Å². The summed E-state index contributed by atoms with van der Waals surface area (Å²) in [5.74, 6) is 0.359. The highest BCUT2D eigenvalue weighted by Crippen LogP contribution is 2.09. The molecule has 2 aliphatic rings. The lowest BCUT2D eigenvalue weighted by molar-refractivity contribution is -0.121. The lowest BCUT2D eigenvalue weighted by Gasteiger charge is -2.06. The molecule has 0 bridgehead atoms. The van der Waals surface area contributed by atoms with E-state index >= 15 is 0 Å². The van der Waals surface area contributed by atoms with Crippen LogP contribution in [0, 0.1) is 0 Å². The second kappa shape index (κ2) is 12.3. The SMILES string of the molecule is O=C(CN1CC1)NCCCCCCCCCCCNC(=O)CN1CC1. The van der Waals surface area contributed by atoms with E-state index in [0.29, 0.717) is 13.1 Å². The largest absolute Gasteiger partial charge is 0.355 e. The van der Waals surface area contributed by atoms with Gasteiger partial charge < -0.3 is 10.6 Å². The summed E-state index contributed by atoms with van der Waals surface area (Å²) in [6.45, 7) is 7.17. The maximum atomic E-state index is 11.5. The zero-order valence-electron chi connectivity index (χ0n) is 15.7. The molecule has 2 amide bonds. The van der Waals surface area contributed by atoms with Gasteiger partial charge in [-0.2, -0.15) is 0 Å². The minimum absolute atomic E-state index is 0.179. The third-order valence-corrected chi connectivity index (χ3v) is 4.81. The maximum Gasteiger partial charge on any atom is 0.234 e. The standard InChI is InChI=1S/C19H36N4O2/c24-18(16-22-12-13-22)20-10-8-6-4-2-1-3-5-7-9-11-21-19(25)17-23-14-15-23/h1-17H2,(H,20,24)(H,21,25). The number of unbranched alkanes of at least 4 members (excludes halogenated alkanes) is 8. The smallest absolute Gasteiger partial charge is 0.234 e. The molecule has 2 heterocycles. The molecular weight excluding hydrogens is 316 g/mol. The molecule has 0 aromatic heterocycles. The Morgan fingerprint density at radius 2 is 0.880 bits per heavy atom. The van der Waals surface area contributed by atoms with Crippen molar-refractivity contribution in [2.24, 2.45) is 0 Å². The fourth-order valence-corrected chi connectivity index (χ4v) is 2.92. The molecule has 144 valence electrons. The van der Waals surface area contributed by atoms with Crippen LogP contribution in [-0.2, 0) is 9.59 Å². The van der Waals surface area contributed by atoms with Crippen molar-refractivity contribution in [3.63, 3.8) is 0 Å². The first kappa shape index (κ1) is 20.2. The minimum Gasteiger partial charge on any atom is -0.355 e. The quantitative estimate of drug-likeness (QED) is 0.325. The van der Waals surface area contributed by atoms with Gasteiger partial charge in [0.15, 0.2) is 0 Å². The van der Waals surface area contributed by atoms with Crippen LogP contribution in [0.1, 0.15) is 57.8 Å². The van der Waals surface area contributed by atoms with Crippen LogP contribution >= 0.6 is 0 Å². The Morgan fingerprint density at radius 1 is 0.560 bits per heavy atom. The van der Waals surface area contributed by atoms with E-state index in [4.69, 9.17) is 0 Å². The molecule has 0 aromatic rings. The summed E-state index contributed by atoms with van der Waals surface area (Å²) in [7, 11) is 0. The van der Waals surface area contributed by atoms with Gasteiger partial charge in [-0.3, -0.25) is 19.4 Å². The second-order valence-electron chi connectivity index (χ2n) is 7.43. The topological polar surface area (TPSA) is 64.2 Å².